The zero-order valence-electron chi connectivity index (χ0n) is 24.8. The number of fused-ring (bicyclic) bond motifs is 6. The smallest absolute Gasteiger partial charge is 0.0559 e. The molecule has 4 aromatic carbocycles. The molecule has 0 radical (unpaired) electrons. The number of aryl methyl sites for hydroxylation is 2. The summed E-state index contributed by atoms with van der Waals surface area (Å²) in [6.07, 6.45) is 23.7. The summed E-state index contributed by atoms with van der Waals surface area (Å²) in [5, 5.41) is 2.79. The maximum absolute atomic E-state index is 2.51. The van der Waals surface area contributed by atoms with Crippen LogP contribution in [0, 0.1) is 0 Å². The van der Waals surface area contributed by atoms with E-state index in [0.717, 1.165) is 32.1 Å². The SMILES string of the molecule is C1=CCC(c2ccc(-n3c4c(c5cc6c7c(n(-c8ccc(-c9ccccc9)cc8)c6cc53)C=CCC7)CCC=C4)cc2)C=C1. The van der Waals surface area contributed by atoms with E-state index in [9.17, 15) is 0 Å². The maximum atomic E-state index is 2.51. The number of benzene rings is 4. The highest BCUT2D eigenvalue weighted by atomic mass is 15.0. The molecule has 0 amide bonds. The van der Waals surface area contributed by atoms with Gasteiger partial charge < -0.3 is 9.13 Å². The van der Waals surface area contributed by atoms with Crippen molar-refractivity contribution < 1.29 is 0 Å². The highest BCUT2D eigenvalue weighted by molar-refractivity contribution is 6.04. The van der Waals surface area contributed by atoms with Crippen LogP contribution < -0.4 is 0 Å². The van der Waals surface area contributed by atoms with Crippen LogP contribution >= 0.6 is 0 Å². The van der Waals surface area contributed by atoms with Crippen LogP contribution in [0.4, 0.5) is 0 Å². The number of aromatic nitrogens is 2. The molecule has 212 valence electrons. The third kappa shape index (κ3) is 4.02. The molecule has 9 rings (SSSR count). The molecule has 2 aromatic heterocycles. The second-order valence-corrected chi connectivity index (χ2v) is 12.3. The topological polar surface area (TPSA) is 9.86 Å². The lowest BCUT2D eigenvalue weighted by molar-refractivity contribution is 0.852. The van der Waals surface area contributed by atoms with E-state index < -0.39 is 0 Å². The molecule has 0 aliphatic heterocycles. The van der Waals surface area contributed by atoms with Crippen molar-refractivity contribution in [3.8, 4) is 22.5 Å². The molecule has 0 bridgehead atoms. The second-order valence-electron chi connectivity index (χ2n) is 12.3. The Kier molecular flexibility index (Phi) is 5.94. The fraction of sp³-hybridized carbons (Fsp3) is 0.143. The third-order valence-corrected chi connectivity index (χ3v) is 9.81. The van der Waals surface area contributed by atoms with Crippen LogP contribution in [-0.4, -0.2) is 9.13 Å². The van der Waals surface area contributed by atoms with Gasteiger partial charge in [0.25, 0.3) is 0 Å². The minimum Gasteiger partial charge on any atom is -0.310 e. The Labute approximate surface area is 258 Å². The van der Waals surface area contributed by atoms with Crippen LogP contribution in [0.15, 0.2) is 127 Å². The van der Waals surface area contributed by atoms with E-state index in [0.29, 0.717) is 5.92 Å². The van der Waals surface area contributed by atoms with E-state index in [1.54, 1.807) is 0 Å². The molecule has 1 unspecified atom stereocenters. The van der Waals surface area contributed by atoms with Gasteiger partial charge in [0.15, 0.2) is 0 Å². The van der Waals surface area contributed by atoms with Gasteiger partial charge in [0.1, 0.15) is 0 Å². The predicted molar refractivity (Wildman–Crippen MR) is 186 cm³/mol. The second kappa shape index (κ2) is 10.3. The first-order chi connectivity index (χ1) is 21.8. The first-order valence-corrected chi connectivity index (χ1v) is 16.0. The summed E-state index contributed by atoms with van der Waals surface area (Å²) in [4.78, 5) is 0. The summed E-state index contributed by atoms with van der Waals surface area (Å²) in [5.74, 6) is 0.458. The van der Waals surface area contributed by atoms with Crippen molar-refractivity contribution in [2.24, 2.45) is 0 Å². The number of hydrogen-bond donors (Lipinski definition) is 0. The van der Waals surface area contributed by atoms with E-state index in [4.69, 9.17) is 0 Å². The lowest BCUT2D eigenvalue weighted by Crippen LogP contribution is -2.02. The minimum atomic E-state index is 0.458. The van der Waals surface area contributed by atoms with Gasteiger partial charge in [-0.2, -0.15) is 0 Å². The normalized spacial score (nSPS) is 17.0. The molecule has 3 aliphatic rings. The molecular formula is C42H34N2. The van der Waals surface area contributed by atoms with Crippen molar-refractivity contribution in [1.82, 2.24) is 9.13 Å². The average molecular weight is 567 g/mol. The molecular weight excluding hydrogens is 532 g/mol. The number of allylic oxidation sites excluding steroid dienone is 6. The molecule has 2 heterocycles. The van der Waals surface area contributed by atoms with Crippen molar-refractivity contribution >= 4 is 34.0 Å². The van der Waals surface area contributed by atoms with Gasteiger partial charge in [-0.1, -0.05) is 91.1 Å². The van der Waals surface area contributed by atoms with Gasteiger partial charge >= 0.3 is 0 Å². The summed E-state index contributed by atoms with van der Waals surface area (Å²) in [6, 6.07) is 34.0. The van der Waals surface area contributed by atoms with E-state index in [-0.39, 0.29) is 0 Å². The fourth-order valence-electron chi connectivity index (χ4n) is 7.65. The van der Waals surface area contributed by atoms with Crippen LogP contribution in [0.2, 0.25) is 0 Å². The Morgan fingerprint density at radius 1 is 0.545 bits per heavy atom. The van der Waals surface area contributed by atoms with Crippen molar-refractivity contribution in [2.75, 3.05) is 0 Å². The minimum absolute atomic E-state index is 0.458. The van der Waals surface area contributed by atoms with Gasteiger partial charge in [-0.15, -0.1) is 0 Å². The van der Waals surface area contributed by atoms with E-state index in [2.05, 4.69) is 149 Å². The molecule has 2 nitrogen and oxygen atoms in total. The standard InChI is InChI=1S/C42H34N2/c1-3-11-29(12-4-1)31-19-23-33(24-20-31)43-39-17-9-7-15-35(39)37-27-38-36-16-8-10-18-40(36)44(42(38)28-41(37)43)34-25-21-32(22-26-34)30-13-5-2-6-14-30/h1-6,9-13,17-28,30H,7-8,14-16H2. The molecule has 0 N–H and O–H groups in total. The van der Waals surface area contributed by atoms with Gasteiger partial charge in [0.2, 0.25) is 0 Å². The highest BCUT2D eigenvalue weighted by Gasteiger charge is 2.24. The third-order valence-electron chi connectivity index (χ3n) is 9.81. The molecule has 1 atom stereocenters. The van der Waals surface area contributed by atoms with Crippen LogP contribution in [0.1, 0.15) is 53.3 Å². The summed E-state index contributed by atoms with van der Waals surface area (Å²) in [7, 11) is 0. The lowest BCUT2D eigenvalue weighted by atomic mass is 9.92. The van der Waals surface area contributed by atoms with Gasteiger partial charge in [-0.05, 0) is 108 Å². The Balaban J connectivity index is 1.24. The van der Waals surface area contributed by atoms with Crippen LogP contribution in [0.25, 0.3) is 56.5 Å². The number of nitrogens with zero attached hydrogens (tertiary/aromatic N) is 2. The maximum Gasteiger partial charge on any atom is 0.0559 e. The van der Waals surface area contributed by atoms with E-state index in [1.807, 2.05) is 0 Å². The van der Waals surface area contributed by atoms with Crippen LogP contribution in [0.3, 0.4) is 0 Å². The summed E-state index contributed by atoms with van der Waals surface area (Å²) in [6.45, 7) is 0. The fourth-order valence-corrected chi connectivity index (χ4v) is 7.65. The van der Waals surface area contributed by atoms with Gasteiger partial charge in [0.05, 0.1) is 11.0 Å². The number of rotatable bonds is 4. The molecule has 3 aliphatic carbocycles. The molecule has 0 saturated carbocycles. The molecule has 0 spiro atoms. The Bertz CT molecular complexity index is 2160. The molecule has 0 fully saturated rings. The van der Waals surface area contributed by atoms with E-state index in [1.165, 1.54) is 72.4 Å². The number of hydrogen-bond acceptors (Lipinski definition) is 0. The Morgan fingerprint density at radius 2 is 1.14 bits per heavy atom. The molecule has 6 aromatic rings. The monoisotopic (exact) mass is 566 g/mol. The van der Waals surface area contributed by atoms with Crippen LogP contribution in [0.5, 0.6) is 0 Å². The van der Waals surface area contributed by atoms with Crippen molar-refractivity contribution in [1.29, 1.82) is 0 Å². The van der Waals surface area contributed by atoms with Crippen molar-refractivity contribution in [2.45, 2.75) is 38.0 Å². The Morgan fingerprint density at radius 3 is 1.73 bits per heavy atom. The molecule has 44 heavy (non-hydrogen) atoms. The van der Waals surface area contributed by atoms with E-state index >= 15 is 0 Å². The van der Waals surface area contributed by atoms with Gasteiger partial charge in [-0.25, -0.2) is 0 Å². The first-order valence-electron chi connectivity index (χ1n) is 16.0. The van der Waals surface area contributed by atoms with Gasteiger partial charge in [-0.3, -0.25) is 0 Å². The zero-order valence-corrected chi connectivity index (χ0v) is 24.8. The highest BCUT2D eigenvalue weighted by Crippen LogP contribution is 2.41. The lowest BCUT2D eigenvalue weighted by Gasteiger charge is -2.16. The first kappa shape index (κ1) is 25.4. The van der Waals surface area contributed by atoms with Crippen LogP contribution in [-0.2, 0) is 12.8 Å². The predicted octanol–water partition coefficient (Wildman–Crippen LogP) is 10.8. The van der Waals surface area contributed by atoms with Gasteiger partial charge in [0, 0.05) is 39.5 Å². The summed E-state index contributed by atoms with van der Waals surface area (Å²) in [5.41, 5.74) is 14.5. The largest absolute Gasteiger partial charge is 0.310 e. The molecule has 0 saturated heterocycles. The van der Waals surface area contributed by atoms with Crippen molar-refractivity contribution in [3.05, 3.63) is 156 Å². The average Bonchev–Trinajstić information content (AvgIpc) is 3.60. The molecule has 2 heteroatoms. The van der Waals surface area contributed by atoms with Crippen molar-refractivity contribution in [3.63, 3.8) is 0 Å². The quantitative estimate of drug-likeness (QED) is 0.201. The zero-order chi connectivity index (χ0) is 29.0. The Hall–Kier alpha value is -5.08. The summed E-state index contributed by atoms with van der Waals surface area (Å²) < 4.78 is 5.00. The summed E-state index contributed by atoms with van der Waals surface area (Å²) >= 11 is 0.